The Balaban J connectivity index is 2.37. The number of likely N-dealkylation sites (tertiary alicyclic amines) is 1. The minimum Gasteiger partial charge on any atom is -0.396 e. The van der Waals surface area contributed by atoms with Crippen molar-refractivity contribution < 1.29 is 9.90 Å². The molecule has 1 N–H and O–H groups in total. The van der Waals surface area contributed by atoms with E-state index in [-0.39, 0.29) is 18.9 Å². The molecule has 4 nitrogen and oxygen atoms in total. The van der Waals surface area contributed by atoms with Gasteiger partial charge in [-0.15, -0.1) is 0 Å². The number of rotatable bonds is 3. The lowest BCUT2D eigenvalue weighted by molar-refractivity contribution is -0.133. The Morgan fingerprint density at radius 2 is 2.07 bits per heavy atom. The van der Waals surface area contributed by atoms with Crippen molar-refractivity contribution in [2.24, 2.45) is 0 Å². The van der Waals surface area contributed by atoms with Crippen LogP contribution in [-0.2, 0) is 4.79 Å². The number of piperidine rings is 1. The third kappa shape index (κ3) is 2.96. The van der Waals surface area contributed by atoms with Gasteiger partial charge in [0.2, 0.25) is 5.91 Å². The summed E-state index contributed by atoms with van der Waals surface area (Å²) in [4.78, 5) is 15.5. The first-order valence-electron chi connectivity index (χ1n) is 5.20. The van der Waals surface area contributed by atoms with Gasteiger partial charge in [-0.25, -0.2) is 0 Å². The molecule has 1 aliphatic heterocycles. The molecule has 0 aromatic heterocycles. The normalized spacial score (nSPS) is 19.6. The summed E-state index contributed by atoms with van der Waals surface area (Å²) in [6.07, 6.45) is 2.34. The molecule has 0 aliphatic carbocycles. The van der Waals surface area contributed by atoms with Crippen LogP contribution in [-0.4, -0.2) is 60.6 Å². The minimum absolute atomic E-state index is 0.0458. The van der Waals surface area contributed by atoms with Gasteiger partial charge in [-0.2, -0.15) is 0 Å². The lowest BCUT2D eigenvalue weighted by Crippen LogP contribution is -2.44. The molecule has 82 valence electrons. The Morgan fingerprint density at radius 3 is 2.57 bits per heavy atom. The predicted molar refractivity (Wildman–Crippen MR) is 55.0 cm³/mol. The van der Waals surface area contributed by atoms with E-state index in [1.807, 2.05) is 7.05 Å². The zero-order valence-corrected chi connectivity index (χ0v) is 9.07. The first-order chi connectivity index (χ1) is 6.65. The van der Waals surface area contributed by atoms with E-state index in [1.54, 1.807) is 4.90 Å². The first kappa shape index (κ1) is 11.5. The molecule has 1 saturated heterocycles. The van der Waals surface area contributed by atoms with Gasteiger partial charge in [0.05, 0.1) is 6.61 Å². The molecule has 0 spiro atoms. The molecule has 1 fully saturated rings. The van der Waals surface area contributed by atoms with Crippen molar-refractivity contribution in [2.45, 2.75) is 25.3 Å². The van der Waals surface area contributed by atoms with E-state index in [9.17, 15) is 4.79 Å². The average Bonchev–Trinajstić information content (AvgIpc) is 2.18. The van der Waals surface area contributed by atoms with Gasteiger partial charge in [0, 0.05) is 19.5 Å². The minimum atomic E-state index is -0.0458. The molecular weight excluding hydrogens is 180 g/mol. The maximum atomic E-state index is 11.5. The van der Waals surface area contributed by atoms with E-state index in [2.05, 4.69) is 11.9 Å². The molecule has 0 atom stereocenters. The van der Waals surface area contributed by atoms with Gasteiger partial charge >= 0.3 is 0 Å². The molecule has 1 aliphatic rings. The highest BCUT2D eigenvalue weighted by Crippen LogP contribution is 2.14. The lowest BCUT2D eigenvalue weighted by atomic mass is 10.0. The predicted octanol–water partition coefficient (Wildman–Crippen LogP) is -0.0786. The summed E-state index contributed by atoms with van der Waals surface area (Å²) < 4.78 is 0. The molecule has 0 bridgehead atoms. The van der Waals surface area contributed by atoms with Crippen LogP contribution in [0.25, 0.3) is 0 Å². The average molecular weight is 200 g/mol. The number of aliphatic hydroxyl groups excluding tert-OH is 1. The molecule has 0 aromatic rings. The maximum Gasteiger partial charge on any atom is 0.224 e. The van der Waals surface area contributed by atoms with Gasteiger partial charge in [0.25, 0.3) is 0 Å². The Labute approximate surface area is 85.5 Å². The van der Waals surface area contributed by atoms with Crippen molar-refractivity contribution in [3.8, 4) is 0 Å². The number of carbonyl (C=O) groups is 1. The molecule has 0 unspecified atom stereocenters. The van der Waals surface area contributed by atoms with Crippen LogP contribution in [0.2, 0.25) is 0 Å². The summed E-state index contributed by atoms with van der Waals surface area (Å²) in [5, 5.41) is 8.67. The van der Waals surface area contributed by atoms with Gasteiger partial charge in [-0.3, -0.25) is 4.79 Å². The quantitative estimate of drug-likeness (QED) is 0.693. The molecule has 0 aromatic carbocycles. The Hall–Kier alpha value is -0.610. The standard InChI is InChI=1S/C10H20N2O2/c1-11-6-3-9(4-7-11)12(2)10(14)5-8-13/h9,13H,3-8H2,1-2H3. The molecular formula is C10H20N2O2. The van der Waals surface area contributed by atoms with Crippen LogP contribution in [0.4, 0.5) is 0 Å². The molecule has 1 amide bonds. The highest BCUT2D eigenvalue weighted by atomic mass is 16.3. The van der Waals surface area contributed by atoms with Crippen molar-refractivity contribution in [2.75, 3.05) is 33.8 Å². The van der Waals surface area contributed by atoms with Gasteiger partial charge in [-0.1, -0.05) is 0 Å². The van der Waals surface area contributed by atoms with Crippen LogP contribution < -0.4 is 0 Å². The van der Waals surface area contributed by atoms with E-state index in [0.29, 0.717) is 6.04 Å². The van der Waals surface area contributed by atoms with Gasteiger partial charge in [0.15, 0.2) is 0 Å². The summed E-state index contributed by atoms with van der Waals surface area (Å²) in [5.41, 5.74) is 0. The number of aliphatic hydroxyl groups is 1. The lowest BCUT2D eigenvalue weighted by Gasteiger charge is -2.35. The Bertz CT molecular complexity index is 189. The number of hydrogen-bond acceptors (Lipinski definition) is 3. The van der Waals surface area contributed by atoms with Crippen molar-refractivity contribution in [1.82, 2.24) is 9.80 Å². The fourth-order valence-corrected chi connectivity index (χ4v) is 1.86. The zero-order chi connectivity index (χ0) is 10.6. The van der Waals surface area contributed by atoms with Crippen LogP contribution in [0.3, 0.4) is 0 Å². The molecule has 4 heteroatoms. The maximum absolute atomic E-state index is 11.5. The zero-order valence-electron chi connectivity index (χ0n) is 9.07. The fraction of sp³-hybridized carbons (Fsp3) is 0.900. The third-order valence-corrected chi connectivity index (χ3v) is 2.95. The SMILES string of the molecule is CN1CCC(N(C)C(=O)CCO)CC1. The molecule has 14 heavy (non-hydrogen) atoms. The largest absolute Gasteiger partial charge is 0.396 e. The Kier molecular flexibility index (Phi) is 4.35. The highest BCUT2D eigenvalue weighted by molar-refractivity contribution is 5.76. The second kappa shape index (κ2) is 5.32. The van der Waals surface area contributed by atoms with Crippen molar-refractivity contribution in [3.63, 3.8) is 0 Å². The van der Waals surface area contributed by atoms with Gasteiger partial charge < -0.3 is 14.9 Å². The monoisotopic (exact) mass is 200 g/mol. The van der Waals surface area contributed by atoms with Crippen molar-refractivity contribution in [1.29, 1.82) is 0 Å². The van der Waals surface area contributed by atoms with Crippen LogP contribution >= 0.6 is 0 Å². The van der Waals surface area contributed by atoms with Gasteiger partial charge in [0.1, 0.15) is 0 Å². The van der Waals surface area contributed by atoms with E-state index in [1.165, 1.54) is 0 Å². The summed E-state index contributed by atoms with van der Waals surface area (Å²) in [7, 11) is 3.94. The second-order valence-corrected chi connectivity index (χ2v) is 4.01. The second-order valence-electron chi connectivity index (χ2n) is 4.01. The van der Waals surface area contributed by atoms with Gasteiger partial charge in [-0.05, 0) is 33.0 Å². The van der Waals surface area contributed by atoms with Crippen LogP contribution in [0.15, 0.2) is 0 Å². The number of hydrogen-bond donors (Lipinski definition) is 1. The smallest absolute Gasteiger partial charge is 0.224 e. The number of nitrogens with zero attached hydrogens (tertiary/aromatic N) is 2. The molecule has 1 heterocycles. The Morgan fingerprint density at radius 1 is 1.50 bits per heavy atom. The van der Waals surface area contributed by atoms with E-state index >= 15 is 0 Å². The van der Waals surface area contributed by atoms with Crippen LogP contribution in [0.5, 0.6) is 0 Å². The van der Waals surface area contributed by atoms with E-state index in [0.717, 1.165) is 25.9 Å². The molecule has 0 radical (unpaired) electrons. The highest BCUT2D eigenvalue weighted by Gasteiger charge is 2.23. The topological polar surface area (TPSA) is 43.8 Å². The van der Waals surface area contributed by atoms with Crippen molar-refractivity contribution >= 4 is 5.91 Å². The van der Waals surface area contributed by atoms with E-state index < -0.39 is 0 Å². The van der Waals surface area contributed by atoms with Crippen molar-refractivity contribution in [3.05, 3.63) is 0 Å². The van der Waals surface area contributed by atoms with Crippen LogP contribution in [0.1, 0.15) is 19.3 Å². The number of amides is 1. The van der Waals surface area contributed by atoms with E-state index in [4.69, 9.17) is 5.11 Å². The first-order valence-corrected chi connectivity index (χ1v) is 5.20. The fourth-order valence-electron chi connectivity index (χ4n) is 1.86. The summed E-state index contributed by atoms with van der Waals surface area (Å²) in [6, 6.07) is 0.366. The molecule has 1 rings (SSSR count). The number of carbonyl (C=O) groups excluding carboxylic acids is 1. The third-order valence-electron chi connectivity index (χ3n) is 2.95. The molecule has 0 saturated carbocycles. The van der Waals surface area contributed by atoms with Crippen LogP contribution in [0, 0.1) is 0 Å². The summed E-state index contributed by atoms with van der Waals surface area (Å²) in [5.74, 6) is 0.0575. The summed E-state index contributed by atoms with van der Waals surface area (Å²) >= 11 is 0. The summed E-state index contributed by atoms with van der Waals surface area (Å²) in [6.45, 7) is 2.07.